The van der Waals surface area contributed by atoms with Gasteiger partial charge in [0.15, 0.2) is 0 Å². The van der Waals surface area contributed by atoms with E-state index in [-0.39, 0.29) is 18.3 Å². The summed E-state index contributed by atoms with van der Waals surface area (Å²) in [6.45, 7) is 3.93. The quantitative estimate of drug-likeness (QED) is 0.564. The molecular weight excluding hydrogens is 391 g/mol. The molecule has 4 rings (SSSR count). The largest absolute Gasteiger partial charge is 0.488 e. The van der Waals surface area contributed by atoms with E-state index in [9.17, 15) is 9.18 Å². The molecule has 1 aliphatic rings. The lowest BCUT2D eigenvalue weighted by Gasteiger charge is -2.18. The molecule has 3 aromatic rings. The van der Waals surface area contributed by atoms with Crippen LogP contribution in [0.15, 0.2) is 72.8 Å². The van der Waals surface area contributed by atoms with Crippen LogP contribution in [-0.4, -0.2) is 23.9 Å². The Morgan fingerprint density at radius 1 is 0.903 bits per heavy atom. The van der Waals surface area contributed by atoms with Gasteiger partial charge in [0, 0.05) is 13.1 Å². The van der Waals surface area contributed by atoms with Gasteiger partial charge in [-0.3, -0.25) is 9.69 Å². The Bertz CT molecular complexity index is 1010. The number of amides is 1. The molecule has 3 aromatic carbocycles. The summed E-state index contributed by atoms with van der Waals surface area (Å²) in [5.41, 5.74) is 3.71. The standard InChI is InChI=1S/C26H27FN2O2/c27-23-13-11-20(12-14-23)19-31-25-10-4-3-9-24(25)26(30)28-17-21-7-1-2-8-22(21)18-29-15-5-6-16-29/h1-4,7-14H,5-6,15-19H2,(H,28,30). The van der Waals surface area contributed by atoms with Gasteiger partial charge in [0.2, 0.25) is 0 Å². The third kappa shape index (κ3) is 5.70. The fourth-order valence-electron chi connectivity index (χ4n) is 3.86. The molecule has 1 fully saturated rings. The van der Waals surface area contributed by atoms with E-state index in [1.165, 1.54) is 30.5 Å². The van der Waals surface area contributed by atoms with E-state index in [1.54, 1.807) is 24.3 Å². The van der Waals surface area contributed by atoms with Crippen LogP contribution in [-0.2, 0) is 19.7 Å². The summed E-state index contributed by atoms with van der Waals surface area (Å²) in [7, 11) is 0. The van der Waals surface area contributed by atoms with Crippen molar-refractivity contribution in [1.29, 1.82) is 0 Å². The predicted octanol–water partition coefficient (Wildman–Crippen LogP) is 4.93. The molecule has 0 spiro atoms. The SMILES string of the molecule is O=C(NCc1ccccc1CN1CCCC1)c1ccccc1OCc1ccc(F)cc1. The number of likely N-dealkylation sites (tertiary alicyclic amines) is 1. The molecule has 0 bridgehead atoms. The maximum absolute atomic E-state index is 13.1. The summed E-state index contributed by atoms with van der Waals surface area (Å²) in [5, 5.41) is 3.04. The number of carbonyl (C=O) groups is 1. The zero-order valence-electron chi connectivity index (χ0n) is 17.5. The molecule has 1 aliphatic heterocycles. The molecule has 1 saturated heterocycles. The molecule has 4 nitrogen and oxygen atoms in total. The maximum atomic E-state index is 13.1. The topological polar surface area (TPSA) is 41.6 Å². The lowest BCUT2D eigenvalue weighted by molar-refractivity contribution is 0.0946. The molecule has 0 radical (unpaired) electrons. The van der Waals surface area contributed by atoms with E-state index in [0.29, 0.717) is 17.9 Å². The number of nitrogens with zero attached hydrogens (tertiary/aromatic N) is 1. The number of hydrogen-bond donors (Lipinski definition) is 1. The number of hydrogen-bond acceptors (Lipinski definition) is 3. The van der Waals surface area contributed by atoms with Gasteiger partial charge in [0.05, 0.1) is 5.56 Å². The molecule has 0 aromatic heterocycles. The number of benzene rings is 3. The molecular formula is C26H27FN2O2. The lowest BCUT2D eigenvalue weighted by atomic mass is 10.1. The Morgan fingerprint density at radius 2 is 1.58 bits per heavy atom. The molecule has 0 unspecified atom stereocenters. The van der Waals surface area contributed by atoms with Gasteiger partial charge < -0.3 is 10.1 Å². The average Bonchev–Trinajstić information content (AvgIpc) is 3.31. The van der Waals surface area contributed by atoms with Gasteiger partial charge in [-0.05, 0) is 66.9 Å². The van der Waals surface area contributed by atoms with Crippen LogP contribution in [0, 0.1) is 5.82 Å². The summed E-state index contributed by atoms with van der Waals surface area (Å²) in [6.07, 6.45) is 2.52. The normalized spacial score (nSPS) is 13.8. The Hall–Kier alpha value is -3.18. The molecule has 31 heavy (non-hydrogen) atoms. The Morgan fingerprint density at radius 3 is 2.35 bits per heavy atom. The van der Waals surface area contributed by atoms with Gasteiger partial charge in [0.25, 0.3) is 5.91 Å². The van der Waals surface area contributed by atoms with Gasteiger partial charge in [-0.2, -0.15) is 0 Å². The molecule has 1 N–H and O–H groups in total. The first-order chi connectivity index (χ1) is 15.2. The molecule has 0 aliphatic carbocycles. The van der Waals surface area contributed by atoms with Crippen molar-refractivity contribution in [3.05, 3.63) is 101 Å². The van der Waals surface area contributed by atoms with Crippen molar-refractivity contribution in [2.24, 2.45) is 0 Å². The van der Waals surface area contributed by atoms with Crippen molar-refractivity contribution in [3.8, 4) is 5.75 Å². The van der Waals surface area contributed by atoms with E-state index in [0.717, 1.165) is 30.8 Å². The molecule has 160 valence electrons. The highest BCUT2D eigenvalue weighted by molar-refractivity contribution is 5.96. The van der Waals surface area contributed by atoms with Crippen molar-refractivity contribution in [2.45, 2.75) is 32.5 Å². The van der Waals surface area contributed by atoms with Gasteiger partial charge in [-0.1, -0.05) is 48.5 Å². The molecule has 0 saturated carbocycles. The Labute approximate surface area is 182 Å². The van der Waals surface area contributed by atoms with Crippen LogP contribution in [0.2, 0.25) is 0 Å². The number of nitrogens with one attached hydrogen (secondary N) is 1. The smallest absolute Gasteiger partial charge is 0.255 e. The van der Waals surface area contributed by atoms with E-state index < -0.39 is 0 Å². The highest BCUT2D eigenvalue weighted by Crippen LogP contribution is 2.20. The first kappa shape index (κ1) is 21.1. The summed E-state index contributed by atoms with van der Waals surface area (Å²) in [5.74, 6) is 0.0499. The highest BCUT2D eigenvalue weighted by atomic mass is 19.1. The van der Waals surface area contributed by atoms with E-state index >= 15 is 0 Å². The number of para-hydroxylation sites is 1. The van der Waals surface area contributed by atoms with Gasteiger partial charge in [-0.25, -0.2) is 4.39 Å². The van der Waals surface area contributed by atoms with Crippen LogP contribution >= 0.6 is 0 Å². The number of halogens is 1. The minimum atomic E-state index is -0.284. The number of ether oxygens (including phenoxy) is 1. The molecule has 0 atom stereocenters. The van der Waals surface area contributed by atoms with Crippen LogP contribution in [0.5, 0.6) is 5.75 Å². The van der Waals surface area contributed by atoms with Crippen LogP contribution in [0.4, 0.5) is 4.39 Å². The van der Waals surface area contributed by atoms with Crippen molar-refractivity contribution < 1.29 is 13.9 Å². The second-order valence-electron chi connectivity index (χ2n) is 7.85. The maximum Gasteiger partial charge on any atom is 0.255 e. The van der Waals surface area contributed by atoms with Gasteiger partial charge in [0.1, 0.15) is 18.2 Å². The van der Waals surface area contributed by atoms with Crippen LogP contribution in [0.1, 0.15) is 39.9 Å². The summed E-state index contributed by atoms with van der Waals surface area (Å²) >= 11 is 0. The average molecular weight is 419 g/mol. The monoisotopic (exact) mass is 418 g/mol. The summed E-state index contributed by atoms with van der Waals surface area (Å²) in [4.78, 5) is 15.4. The van der Waals surface area contributed by atoms with E-state index in [2.05, 4.69) is 28.4 Å². The zero-order chi connectivity index (χ0) is 21.5. The van der Waals surface area contributed by atoms with Crippen molar-refractivity contribution in [2.75, 3.05) is 13.1 Å². The minimum absolute atomic E-state index is 0.175. The summed E-state index contributed by atoms with van der Waals surface area (Å²) < 4.78 is 18.9. The highest BCUT2D eigenvalue weighted by Gasteiger charge is 2.15. The zero-order valence-corrected chi connectivity index (χ0v) is 17.5. The van der Waals surface area contributed by atoms with Crippen LogP contribution in [0.3, 0.4) is 0 Å². The third-order valence-corrected chi connectivity index (χ3v) is 5.59. The van der Waals surface area contributed by atoms with Crippen LogP contribution in [0.25, 0.3) is 0 Å². The predicted molar refractivity (Wildman–Crippen MR) is 119 cm³/mol. The summed E-state index contributed by atoms with van der Waals surface area (Å²) in [6, 6.07) is 21.6. The van der Waals surface area contributed by atoms with Crippen molar-refractivity contribution >= 4 is 5.91 Å². The fourth-order valence-corrected chi connectivity index (χ4v) is 3.86. The fraction of sp³-hybridized carbons (Fsp3) is 0.269. The second kappa shape index (κ2) is 10.2. The Balaban J connectivity index is 1.39. The number of carbonyl (C=O) groups excluding carboxylic acids is 1. The molecule has 5 heteroatoms. The van der Waals surface area contributed by atoms with Crippen molar-refractivity contribution in [1.82, 2.24) is 10.2 Å². The van der Waals surface area contributed by atoms with Crippen molar-refractivity contribution in [3.63, 3.8) is 0 Å². The van der Waals surface area contributed by atoms with E-state index in [1.807, 2.05) is 18.2 Å². The van der Waals surface area contributed by atoms with Gasteiger partial charge in [-0.15, -0.1) is 0 Å². The first-order valence-electron chi connectivity index (χ1n) is 10.7. The van der Waals surface area contributed by atoms with Gasteiger partial charge >= 0.3 is 0 Å². The molecule has 1 heterocycles. The number of rotatable bonds is 8. The minimum Gasteiger partial charge on any atom is -0.488 e. The Kier molecular flexibility index (Phi) is 6.95. The lowest BCUT2D eigenvalue weighted by Crippen LogP contribution is -2.25. The van der Waals surface area contributed by atoms with Crippen LogP contribution < -0.4 is 10.1 Å². The van der Waals surface area contributed by atoms with E-state index in [4.69, 9.17) is 4.74 Å². The molecule has 1 amide bonds. The first-order valence-corrected chi connectivity index (χ1v) is 10.7. The second-order valence-corrected chi connectivity index (χ2v) is 7.85. The third-order valence-electron chi connectivity index (χ3n) is 5.59.